The number of benzene rings is 1. The quantitative estimate of drug-likeness (QED) is 0.801. The first-order valence-electron chi connectivity index (χ1n) is 5.91. The first-order valence-corrected chi connectivity index (χ1v) is 5.91. The number of aryl methyl sites for hydroxylation is 1. The number of carbonyl (C=O) groups is 1. The fraction of sp³-hybridized carbons (Fsp3) is 0.500. The normalized spacial score (nSPS) is 10.8. The van der Waals surface area contributed by atoms with E-state index in [1.54, 1.807) is 0 Å². The van der Waals surface area contributed by atoms with Gasteiger partial charge >= 0.3 is 5.97 Å². The van der Waals surface area contributed by atoms with Crippen LogP contribution in [0.3, 0.4) is 0 Å². The Bertz CT molecular complexity index is 427. The van der Waals surface area contributed by atoms with Crippen molar-refractivity contribution in [2.45, 2.75) is 26.5 Å². The molecule has 1 aromatic carbocycles. The number of methoxy groups -OCH3 is 1. The molecule has 0 saturated heterocycles. The van der Waals surface area contributed by atoms with Crippen molar-refractivity contribution in [1.82, 2.24) is 4.90 Å². The summed E-state index contributed by atoms with van der Waals surface area (Å²) in [7, 11) is 5.32. The molecule has 100 valence electrons. The number of rotatable bonds is 5. The number of hydrogen-bond donors (Lipinski definition) is 1. The van der Waals surface area contributed by atoms with E-state index in [1.165, 1.54) is 7.11 Å². The van der Waals surface area contributed by atoms with Crippen LogP contribution in [0.2, 0.25) is 0 Å². The van der Waals surface area contributed by atoms with Crippen LogP contribution >= 0.6 is 0 Å². The van der Waals surface area contributed by atoms with Gasteiger partial charge in [-0.15, -0.1) is 0 Å². The highest BCUT2D eigenvalue weighted by atomic mass is 16.5. The van der Waals surface area contributed by atoms with Gasteiger partial charge in [0, 0.05) is 6.54 Å². The van der Waals surface area contributed by atoms with Crippen LogP contribution in [0, 0.1) is 6.92 Å². The monoisotopic (exact) mass is 251 g/mol. The van der Waals surface area contributed by atoms with Gasteiger partial charge in [0.1, 0.15) is 0 Å². The molecular formula is C14H21NO3. The molecule has 0 bridgehead atoms. The van der Waals surface area contributed by atoms with E-state index in [0.717, 1.165) is 28.8 Å². The van der Waals surface area contributed by atoms with E-state index in [2.05, 4.69) is 4.74 Å². The van der Waals surface area contributed by atoms with Crippen molar-refractivity contribution >= 4 is 5.97 Å². The van der Waals surface area contributed by atoms with E-state index < -0.39 is 0 Å². The Morgan fingerprint density at radius 2 is 1.94 bits per heavy atom. The van der Waals surface area contributed by atoms with Crippen LogP contribution in [0.1, 0.15) is 22.3 Å². The average Bonchev–Trinajstić information content (AvgIpc) is 2.27. The van der Waals surface area contributed by atoms with Gasteiger partial charge in [-0.2, -0.15) is 0 Å². The summed E-state index contributed by atoms with van der Waals surface area (Å²) in [5, 5.41) is 9.52. The topological polar surface area (TPSA) is 49.8 Å². The highest BCUT2D eigenvalue weighted by Crippen LogP contribution is 2.20. The van der Waals surface area contributed by atoms with Gasteiger partial charge in [-0.3, -0.25) is 4.79 Å². The summed E-state index contributed by atoms with van der Waals surface area (Å²) in [6.45, 7) is 2.67. The maximum atomic E-state index is 11.4. The van der Waals surface area contributed by atoms with Crippen molar-refractivity contribution in [3.8, 4) is 0 Å². The van der Waals surface area contributed by atoms with Crippen molar-refractivity contribution in [3.05, 3.63) is 34.4 Å². The number of hydrogen-bond acceptors (Lipinski definition) is 4. The number of aliphatic hydroxyl groups is 1. The molecule has 0 fully saturated rings. The molecule has 4 nitrogen and oxygen atoms in total. The molecule has 0 unspecified atom stereocenters. The van der Waals surface area contributed by atoms with Gasteiger partial charge in [0.05, 0.1) is 20.1 Å². The van der Waals surface area contributed by atoms with Gasteiger partial charge in [-0.25, -0.2) is 0 Å². The van der Waals surface area contributed by atoms with Crippen molar-refractivity contribution in [2.75, 3.05) is 21.2 Å². The second-order valence-electron chi connectivity index (χ2n) is 4.71. The van der Waals surface area contributed by atoms with Crippen molar-refractivity contribution in [2.24, 2.45) is 0 Å². The molecule has 0 aliphatic heterocycles. The van der Waals surface area contributed by atoms with Crippen molar-refractivity contribution in [1.29, 1.82) is 0 Å². The van der Waals surface area contributed by atoms with Gasteiger partial charge in [-0.05, 0) is 37.7 Å². The average molecular weight is 251 g/mol. The molecule has 4 heteroatoms. The zero-order valence-corrected chi connectivity index (χ0v) is 11.5. The summed E-state index contributed by atoms with van der Waals surface area (Å²) in [5.74, 6) is -0.286. The van der Waals surface area contributed by atoms with Crippen LogP contribution in [0.25, 0.3) is 0 Å². The predicted octanol–water partition coefficient (Wildman–Crippen LogP) is 1.26. The lowest BCUT2D eigenvalue weighted by Crippen LogP contribution is -2.15. The van der Waals surface area contributed by atoms with Crippen LogP contribution in [0.5, 0.6) is 0 Å². The zero-order valence-electron chi connectivity index (χ0n) is 11.5. The van der Waals surface area contributed by atoms with E-state index in [9.17, 15) is 9.90 Å². The Morgan fingerprint density at radius 1 is 1.33 bits per heavy atom. The van der Waals surface area contributed by atoms with Crippen LogP contribution in [-0.4, -0.2) is 37.2 Å². The SMILES string of the molecule is COC(=O)Cc1cc(C)cc(CN(C)C)c1CO. The molecule has 0 aromatic heterocycles. The molecule has 1 rings (SSSR count). The second-order valence-corrected chi connectivity index (χ2v) is 4.71. The first-order chi connectivity index (χ1) is 8.47. The molecular weight excluding hydrogens is 230 g/mol. The fourth-order valence-electron chi connectivity index (χ4n) is 2.04. The van der Waals surface area contributed by atoms with E-state index >= 15 is 0 Å². The van der Waals surface area contributed by atoms with E-state index in [1.807, 2.05) is 38.1 Å². The molecule has 0 spiro atoms. The number of ether oxygens (including phenoxy) is 1. The fourth-order valence-corrected chi connectivity index (χ4v) is 2.04. The Labute approximate surface area is 108 Å². The molecule has 0 saturated carbocycles. The number of aliphatic hydroxyl groups excluding tert-OH is 1. The largest absolute Gasteiger partial charge is 0.469 e. The van der Waals surface area contributed by atoms with Gasteiger partial charge in [0.2, 0.25) is 0 Å². The molecule has 1 N–H and O–H groups in total. The number of carbonyl (C=O) groups excluding carboxylic acids is 1. The van der Waals surface area contributed by atoms with Crippen LogP contribution < -0.4 is 0 Å². The highest BCUT2D eigenvalue weighted by molar-refractivity contribution is 5.73. The zero-order chi connectivity index (χ0) is 13.7. The summed E-state index contributed by atoms with van der Waals surface area (Å²) in [6, 6.07) is 3.98. The molecule has 0 aliphatic carbocycles. The summed E-state index contributed by atoms with van der Waals surface area (Å²) in [6.07, 6.45) is 0.203. The lowest BCUT2D eigenvalue weighted by atomic mass is 9.96. The summed E-state index contributed by atoms with van der Waals surface area (Å²) in [5.41, 5.74) is 3.82. The minimum Gasteiger partial charge on any atom is -0.469 e. The predicted molar refractivity (Wildman–Crippen MR) is 70.2 cm³/mol. The van der Waals surface area contributed by atoms with Crippen LogP contribution in [0.15, 0.2) is 12.1 Å². The van der Waals surface area contributed by atoms with Crippen LogP contribution in [-0.2, 0) is 29.1 Å². The maximum absolute atomic E-state index is 11.4. The smallest absolute Gasteiger partial charge is 0.309 e. The molecule has 18 heavy (non-hydrogen) atoms. The standard InChI is InChI=1S/C14H21NO3/c1-10-5-11(7-14(17)18-4)13(9-16)12(6-10)8-15(2)3/h5-6,16H,7-9H2,1-4H3. The lowest BCUT2D eigenvalue weighted by Gasteiger charge is -2.17. The van der Waals surface area contributed by atoms with E-state index in [-0.39, 0.29) is 19.0 Å². The van der Waals surface area contributed by atoms with E-state index in [4.69, 9.17) is 0 Å². The molecule has 0 amide bonds. The van der Waals surface area contributed by atoms with E-state index in [0.29, 0.717) is 0 Å². The summed E-state index contributed by atoms with van der Waals surface area (Å²) < 4.78 is 4.68. The van der Waals surface area contributed by atoms with Crippen molar-refractivity contribution in [3.63, 3.8) is 0 Å². The number of nitrogens with zero attached hydrogens (tertiary/aromatic N) is 1. The van der Waals surface area contributed by atoms with Gasteiger partial charge < -0.3 is 14.7 Å². The number of esters is 1. The highest BCUT2D eigenvalue weighted by Gasteiger charge is 2.13. The lowest BCUT2D eigenvalue weighted by molar-refractivity contribution is -0.139. The third-order valence-electron chi connectivity index (χ3n) is 2.79. The minimum absolute atomic E-state index is 0.0597. The Hall–Kier alpha value is -1.39. The Balaban J connectivity index is 3.15. The molecule has 0 atom stereocenters. The third-order valence-corrected chi connectivity index (χ3v) is 2.79. The van der Waals surface area contributed by atoms with Gasteiger partial charge in [0.15, 0.2) is 0 Å². The molecule has 0 heterocycles. The first kappa shape index (κ1) is 14.7. The molecule has 1 aromatic rings. The Kier molecular flexibility index (Phi) is 5.31. The van der Waals surface area contributed by atoms with Gasteiger partial charge in [0.25, 0.3) is 0 Å². The molecule has 0 aliphatic rings. The summed E-state index contributed by atoms with van der Waals surface area (Å²) >= 11 is 0. The summed E-state index contributed by atoms with van der Waals surface area (Å²) in [4.78, 5) is 13.4. The molecule has 0 radical (unpaired) electrons. The van der Waals surface area contributed by atoms with Crippen LogP contribution in [0.4, 0.5) is 0 Å². The minimum atomic E-state index is -0.286. The third kappa shape index (κ3) is 3.82. The van der Waals surface area contributed by atoms with Gasteiger partial charge in [-0.1, -0.05) is 17.7 Å². The maximum Gasteiger partial charge on any atom is 0.309 e. The van der Waals surface area contributed by atoms with Crippen molar-refractivity contribution < 1.29 is 14.6 Å². The second kappa shape index (κ2) is 6.52. The Morgan fingerprint density at radius 3 is 2.44 bits per heavy atom.